The summed E-state index contributed by atoms with van der Waals surface area (Å²) in [6.45, 7) is 2.82. The van der Waals surface area contributed by atoms with E-state index in [-0.39, 0.29) is 5.56 Å². The molecule has 1 aliphatic rings. The molecule has 5 heteroatoms. The van der Waals surface area contributed by atoms with Gasteiger partial charge in [0.15, 0.2) is 0 Å². The molecule has 17 heavy (non-hydrogen) atoms. The molecule has 0 spiro atoms. The van der Waals surface area contributed by atoms with Gasteiger partial charge in [-0.2, -0.15) is 0 Å². The molecule has 0 atom stereocenters. The van der Waals surface area contributed by atoms with Crippen LogP contribution in [0.2, 0.25) is 0 Å². The number of aryl methyl sites for hydroxylation is 1. The number of benzene rings is 1. The number of hydrogen-bond acceptors (Lipinski definition) is 3. The molecule has 1 heterocycles. The Morgan fingerprint density at radius 1 is 1.47 bits per heavy atom. The highest BCUT2D eigenvalue weighted by Gasteiger charge is 2.23. The number of hydrogen-bond donors (Lipinski definition) is 1. The zero-order valence-electron chi connectivity index (χ0n) is 9.47. The van der Waals surface area contributed by atoms with Crippen LogP contribution < -0.4 is 4.90 Å². The van der Waals surface area contributed by atoms with E-state index in [9.17, 15) is 9.59 Å². The van der Waals surface area contributed by atoms with Crippen molar-refractivity contribution in [1.82, 2.24) is 0 Å². The van der Waals surface area contributed by atoms with Crippen LogP contribution in [-0.2, 0) is 4.74 Å². The normalized spacial score (nSPS) is 15.6. The van der Waals surface area contributed by atoms with Gasteiger partial charge in [0.1, 0.15) is 0 Å². The lowest BCUT2D eigenvalue weighted by molar-refractivity contribution is 0.0696. The number of amides is 1. The second kappa shape index (κ2) is 4.45. The molecule has 0 aromatic heterocycles. The SMILES string of the molecule is Cc1ccc(C(=O)O)cc1N1CCCOC1=O. The highest BCUT2D eigenvalue weighted by atomic mass is 16.6. The average molecular weight is 235 g/mol. The van der Waals surface area contributed by atoms with Crippen LogP contribution >= 0.6 is 0 Å². The Kier molecular flexibility index (Phi) is 2.99. The number of carboxylic acid groups (broad SMARTS) is 1. The van der Waals surface area contributed by atoms with Crippen molar-refractivity contribution < 1.29 is 19.4 Å². The number of anilines is 1. The number of carbonyl (C=O) groups is 2. The van der Waals surface area contributed by atoms with Crippen LogP contribution in [0.25, 0.3) is 0 Å². The first-order valence-electron chi connectivity index (χ1n) is 5.38. The molecule has 0 bridgehead atoms. The van der Waals surface area contributed by atoms with Crippen LogP contribution in [0.1, 0.15) is 22.3 Å². The molecule has 1 amide bonds. The van der Waals surface area contributed by atoms with Gasteiger partial charge in [0, 0.05) is 6.54 Å². The van der Waals surface area contributed by atoms with Crippen molar-refractivity contribution in [3.8, 4) is 0 Å². The van der Waals surface area contributed by atoms with Gasteiger partial charge in [-0.15, -0.1) is 0 Å². The van der Waals surface area contributed by atoms with Crippen LogP contribution in [-0.4, -0.2) is 30.3 Å². The topological polar surface area (TPSA) is 66.8 Å². The lowest BCUT2D eigenvalue weighted by atomic mass is 10.1. The van der Waals surface area contributed by atoms with Crippen molar-refractivity contribution in [3.63, 3.8) is 0 Å². The van der Waals surface area contributed by atoms with Crippen molar-refractivity contribution in [2.24, 2.45) is 0 Å². The standard InChI is InChI=1S/C12H13NO4/c1-8-3-4-9(11(14)15)7-10(8)13-5-2-6-17-12(13)16/h3-4,7H,2,5-6H2,1H3,(H,14,15). The van der Waals surface area contributed by atoms with Gasteiger partial charge in [0.05, 0.1) is 17.9 Å². The average Bonchev–Trinajstić information content (AvgIpc) is 2.30. The maximum atomic E-state index is 11.6. The molecular formula is C12H13NO4. The molecule has 1 fully saturated rings. The molecule has 1 N–H and O–H groups in total. The summed E-state index contributed by atoms with van der Waals surface area (Å²) in [7, 11) is 0. The van der Waals surface area contributed by atoms with Gasteiger partial charge in [-0.1, -0.05) is 6.07 Å². The predicted octanol–water partition coefficient (Wildman–Crippen LogP) is 2.04. The van der Waals surface area contributed by atoms with Gasteiger partial charge in [0.2, 0.25) is 0 Å². The lowest BCUT2D eigenvalue weighted by Crippen LogP contribution is -2.38. The molecule has 0 saturated carbocycles. The van der Waals surface area contributed by atoms with E-state index in [1.807, 2.05) is 6.92 Å². The maximum absolute atomic E-state index is 11.6. The van der Waals surface area contributed by atoms with E-state index in [1.54, 1.807) is 6.07 Å². The number of carbonyl (C=O) groups excluding carboxylic acids is 1. The van der Waals surface area contributed by atoms with E-state index >= 15 is 0 Å². The minimum atomic E-state index is -1.00. The molecule has 0 aliphatic carbocycles. The summed E-state index contributed by atoms with van der Waals surface area (Å²) < 4.78 is 4.94. The van der Waals surface area contributed by atoms with Crippen molar-refractivity contribution in [1.29, 1.82) is 0 Å². The number of carboxylic acids is 1. The van der Waals surface area contributed by atoms with Gasteiger partial charge in [-0.05, 0) is 31.0 Å². The fourth-order valence-electron chi connectivity index (χ4n) is 1.80. The van der Waals surface area contributed by atoms with E-state index in [1.165, 1.54) is 17.0 Å². The zero-order chi connectivity index (χ0) is 12.4. The van der Waals surface area contributed by atoms with Crippen molar-refractivity contribution >= 4 is 17.7 Å². The zero-order valence-corrected chi connectivity index (χ0v) is 9.47. The second-order valence-electron chi connectivity index (χ2n) is 3.93. The van der Waals surface area contributed by atoms with E-state index in [0.717, 1.165) is 12.0 Å². The predicted molar refractivity (Wildman–Crippen MR) is 61.4 cm³/mol. The van der Waals surface area contributed by atoms with Gasteiger partial charge in [0.25, 0.3) is 0 Å². The summed E-state index contributed by atoms with van der Waals surface area (Å²) in [6, 6.07) is 4.72. The second-order valence-corrected chi connectivity index (χ2v) is 3.93. The third-order valence-electron chi connectivity index (χ3n) is 2.72. The van der Waals surface area contributed by atoms with E-state index in [4.69, 9.17) is 9.84 Å². The molecule has 2 rings (SSSR count). The third-order valence-corrected chi connectivity index (χ3v) is 2.72. The van der Waals surface area contributed by atoms with Crippen LogP contribution in [0, 0.1) is 6.92 Å². The summed E-state index contributed by atoms with van der Waals surface area (Å²) in [4.78, 5) is 24.0. The highest BCUT2D eigenvalue weighted by molar-refractivity contribution is 5.93. The Labute approximate surface area is 98.6 Å². The lowest BCUT2D eigenvalue weighted by Gasteiger charge is -2.27. The smallest absolute Gasteiger partial charge is 0.414 e. The summed E-state index contributed by atoms with van der Waals surface area (Å²) in [5.74, 6) is -1.00. The Balaban J connectivity index is 2.39. The van der Waals surface area contributed by atoms with E-state index in [2.05, 4.69) is 0 Å². The Morgan fingerprint density at radius 3 is 2.88 bits per heavy atom. The molecule has 1 aromatic carbocycles. The number of ether oxygens (including phenoxy) is 1. The number of rotatable bonds is 2. The van der Waals surface area contributed by atoms with Crippen molar-refractivity contribution in [2.45, 2.75) is 13.3 Å². The summed E-state index contributed by atoms with van der Waals surface area (Å²) in [5, 5.41) is 8.93. The molecule has 1 aromatic rings. The highest BCUT2D eigenvalue weighted by Crippen LogP contribution is 2.24. The number of nitrogens with zero attached hydrogens (tertiary/aromatic N) is 1. The minimum absolute atomic E-state index is 0.170. The largest absolute Gasteiger partial charge is 0.478 e. The quantitative estimate of drug-likeness (QED) is 0.851. The fourth-order valence-corrected chi connectivity index (χ4v) is 1.80. The van der Waals surface area contributed by atoms with Crippen LogP contribution in [0.15, 0.2) is 18.2 Å². The first-order valence-corrected chi connectivity index (χ1v) is 5.38. The van der Waals surface area contributed by atoms with E-state index in [0.29, 0.717) is 18.8 Å². The van der Waals surface area contributed by atoms with Gasteiger partial charge < -0.3 is 9.84 Å². The van der Waals surface area contributed by atoms with Crippen LogP contribution in [0.3, 0.4) is 0 Å². The Hall–Kier alpha value is -2.04. The molecule has 5 nitrogen and oxygen atoms in total. The first kappa shape index (κ1) is 11.4. The van der Waals surface area contributed by atoms with Crippen LogP contribution in [0.5, 0.6) is 0 Å². The summed E-state index contributed by atoms with van der Waals surface area (Å²) in [6.07, 6.45) is 0.338. The monoisotopic (exact) mass is 235 g/mol. The molecular weight excluding hydrogens is 222 g/mol. The maximum Gasteiger partial charge on any atom is 0.414 e. The molecule has 0 radical (unpaired) electrons. The third kappa shape index (κ3) is 2.22. The number of cyclic esters (lactones) is 1. The Bertz CT molecular complexity index is 470. The molecule has 1 aliphatic heterocycles. The van der Waals surface area contributed by atoms with E-state index < -0.39 is 12.1 Å². The first-order chi connectivity index (χ1) is 8.09. The van der Waals surface area contributed by atoms with Gasteiger partial charge in [-0.3, -0.25) is 4.90 Å². The minimum Gasteiger partial charge on any atom is -0.478 e. The van der Waals surface area contributed by atoms with Crippen molar-refractivity contribution in [2.75, 3.05) is 18.1 Å². The summed E-state index contributed by atoms with van der Waals surface area (Å²) >= 11 is 0. The number of aromatic carboxylic acids is 1. The molecule has 0 unspecified atom stereocenters. The fraction of sp³-hybridized carbons (Fsp3) is 0.333. The molecule has 90 valence electrons. The van der Waals surface area contributed by atoms with Crippen LogP contribution in [0.4, 0.5) is 10.5 Å². The van der Waals surface area contributed by atoms with Gasteiger partial charge in [-0.25, -0.2) is 9.59 Å². The summed E-state index contributed by atoms with van der Waals surface area (Å²) in [5.41, 5.74) is 1.63. The van der Waals surface area contributed by atoms with Crippen molar-refractivity contribution in [3.05, 3.63) is 29.3 Å². The Morgan fingerprint density at radius 2 is 2.24 bits per heavy atom. The van der Waals surface area contributed by atoms with Gasteiger partial charge >= 0.3 is 12.1 Å². The molecule has 1 saturated heterocycles.